The van der Waals surface area contributed by atoms with E-state index in [1.807, 2.05) is 17.1 Å². The lowest BCUT2D eigenvalue weighted by atomic mass is 9.82. The van der Waals surface area contributed by atoms with E-state index in [0.29, 0.717) is 0 Å². The Labute approximate surface area is 161 Å². The maximum atomic E-state index is 6.11. The maximum absolute atomic E-state index is 6.11. The number of rotatable bonds is 4. The van der Waals surface area contributed by atoms with Crippen molar-refractivity contribution in [1.82, 2.24) is 9.78 Å². The molecule has 2 aliphatic rings. The molecule has 6 nitrogen and oxygen atoms in total. The monoisotopic (exact) mass is 369 g/mol. The quantitative estimate of drug-likeness (QED) is 0.773. The van der Waals surface area contributed by atoms with E-state index in [4.69, 9.17) is 14.0 Å². The second kappa shape index (κ2) is 6.97. The molecule has 0 N–H and O–H groups in total. The summed E-state index contributed by atoms with van der Waals surface area (Å²) < 4.78 is 19.6. The van der Waals surface area contributed by atoms with Gasteiger partial charge in [0.1, 0.15) is 0 Å². The summed E-state index contributed by atoms with van der Waals surface area (Å²) in [5, 5.41) is 4.49. The Morgan fingerprint density at radius 2 is 1.63 bits per heavy atom. The number of morpholine rings is 1. The number of nitrogens with zero attached hydrogens (tertiary/aromatic N) is 3. The number of hydrogen-bond donors (Lipinski definition) is 0. The van der Waals surface area contributed by atoms with Crippen molar-refractivity contribution in [3.63, 3.8) is 0 Å². The van der Waals surface area contributed by atoms with Gasteiger partial charge in [-0.2, -0.15) is 5.10 Å². The van der Waals surface area contributed by atoms with Crippen molar-refractivity contribution in [3.05, 3.63) is 42.2 Å². The van der Waals surface area contributed by atoms with Gasteiger partial charge in [-0.25, -0.2) is 0 Å². The third kappa shape index (κ3) is 3.77. The molecule has 27 heavy (non-hydrogen) atoms. The van der Waals surface area contributed by atoms with Crippen LogP contribution in [0.25, 0.3) is 0 Å². The predicted molar refractivity (Wildman–Crippen MR) is 107 cm³/mol. The fraction of sp³-hybridized carbons (Fsp3) is 0.550. The Morgan fingerprint density at radius 1 is 1.00 bits per heavy atom. The Morgan fingerprint density at radius 3 is 2.26 bits per heavy atom. The summed E-state index contributed by atoms with van der Waals surface area (Å²) in [7, 11) is -0.368. The highest BCUT2D eigenvalue weighted by Crippen LogP contribution is 2.36. The predicted octanol–water partition coefficient (Wildman–Crippen LogP) is 2.07. The number of anilines is 1. The van der Waals surface area contributed by atoms with Gasteiger partial charge in [-0.15, -0.1) is 0 Å². The van der Waals surface area contributed by atoms with Gasteiger partial charge in [0.15, 0.2) is 0 Å². The Hall–Kier alpha value is -1.83. The summed E-state index contributed by atoms with van der Waals surface area (Å²) in [5.41, 5.74) is 2.75. The van der Waals surface area contributed by atoms with Crippen molar-refractivity contribution in [2.75, 3.05) is 31.2 Å². The molecule has 0 unspecified atom stereocenters. The van der Waals surface area contributed by atoms with Crippen LogP contribution in [-0.2, 0) is 20.6 Å². The van der Waals surface area contributed by atoms with Crippen molar-refractivity contribution in [2.45, 2.75) is 45.4 Å². The van der Waals surface area contributed by atoms with E-state index in [-0.39, 0.29) is 18.3 Å². The minimum atomic E-state index is -0.368. The highest BCUT2D eigenvalue weighted by atomic mass is 16.7. The van der Waals surface area contributed by atoms with E-state index in [2.05, 4.69) is 62.0 Å². The van der Waals surface area contributed by atoms with Crippen LogP contribution in [0.15, 0.2) is 36.7 Å². The van der Waals surface area contributed by atoms with E-state index in [1.165, 1.54) is 11.3 Å². The van der Waals surface area contributed by atoms with E-state index in [9.17, 15) is 0 Å². The molecule has 2 fully saturated rings. The van der Waals surface area contributed by atoms with E-state index >= 15 is 0 Å². The molecular formula is C20H28BN3O3. The Kier molecular flexibility index (Phi) is 4.78. The Balaban J connectivity index is 1.41. The summed E-state index contributed by atoms with van der Waals surface area (Å²) in [6, 6.07) is 8.69. The maximum Gasteiger partial charge on any atom is 0.498 e. The lowest BCUT2D eigenvalue weighted by Crippen LogP contribution is -2.41. The largest absolute Gasteiger partial charge is 0.498 e. The molecule has 7 heteroatoms. The molecule has 0 radical (unpaired) electrons. The van der Waals surface area contributed by atoms with Crippen molar-refractivity contribution in [2.24, 2.45) is 0 Å². The molecule has 0 spiro atoms. The summed E-state index contributed by atoms with van der Waals surface area (Å²) in [6.45, 7) is 12.5. The van der Waals surface area contributed by atoms with E-state index in [0.717, 1.165) is 38.3 Å². The molecule has 3 heterocycles. The standard InChI is InChI=1S/C20H28BN3O3/c1-19(2)20(3,4)27-21(26-19)17-13-22-24(15-17)14-16-5-7-18(8-6-16)23-9-11-25-12-10-23/h5-8,13,15H,9-12,14H2,1-4H3. The third-order valence-corrected chi connectivity index (χ3v) is 5.84. The van der Waals surface area contributed by atoms with Crippen LogP contribution < -0.4 is 10.4 Å². The van der Waals surface area contributed by atoms with Gasteiger partial charge in [0.2, 0.25) is 0 Å². The summed E-state index contributed by atoms with van der Waals surface area (Å²) in [6.07, 6.45) is 3.85. The van der Waals surface area contributed by atoms with Gasteiger partial charge in [0, 0.05) is 36.6 Å². The molecule has 0 atom stereocenters. The van der Waals surface area contributed by atoms with Crippen LogP contribution in [0.4, 0.5) is 5.69 Å². The highest BCUT2D eigenvalue weighted by molar-refractivity contribution is 6.61. The molecule has 0 aliphatic carbocycles. The smallest absolute Gasteiger partial charge is 0.399 e. The average molecular weight is 369 g/mol. The van der Waals surface area contributed by atoms with Gasteiger partial charge in [0.05, 0.1) is 31.0 Å². The van der Waals surface area contributed by atoms with E-state index in [1.54, 1.807) is 0 Å². The third-order valence-electron chi connectivity index (χ3n) is 5.84. The van der Waals surface area contributed by atoms with Crippen LogP contribution in [-0.4, -0.2) is 54.4 Å². The topological polar surface area (TPSA) is 48.8 Å². The second-order valence-corrected chi connectivity index (χ2v) is 8.33. The molecule has 2 aromatic rings. The van der Waals surface area contributed by atoms with Crippen molar-refractivity contribution in [1.29, 1.82) is 0 Å². The molecule has 0 amide bonds. The van der Waals surface area contributed by atoms with E-state index < -0.39 is 0 Å². The zero-order valence-corrected chi connectivity index (χ0v) is 16.6. The number of ether oxygens (including phenoxy) is 1. The van der Waals surface area contributed by atoms with Crippen LogP contribution in [0.2, 0.25) is 0 Å². The molecule has 1 aromatic carbocycles. The minimum absolute atomic E-state index is 0.338. The molecule has 0 saturated carbocycles. The van der Waals surface area contributed by atoms with Crippen LogP contribution in [0, 0.1) is 0 Å². The van der Waals surface area contributed by atoms with Crippen LogP contribution in [0.5, 0.6) is 0 Å². The zero-order chi connectivity index (χ0) is 19.1. The van der Waals surface area contributed by atoms with Crippen LogP contribution in [0.1, 0.15) is 33.3 Å². The summed E-state index contributed by atoms with van der Waals surface area (Å²) >= 11 is 0. The summed E-state index contributed by atoms with van der Waals surface area (Å²) in [5.74, 6) is 0. The SMILES string of the molecule is CC1(C)OB(c2cnn(Cc3ccc(N4CCOCC4)cc3)c2)OC1(C)C. The van der Waals surface area contributed by atoms with Gasteiger partial charge < -0.3 is 18.9 Å². The van der Waals surface area contributed by atoms with Gasteiger partial charge in [-0.05, 0) is 45.4 Å². The van der Waals surface area contributed by atoms with Gasteiger partial charge in [-0.3, -0.25) is 4.68 Å². The number of hydrogen-bond acceptors (Lipinski definition) is 5. The molecule has 144 valence electrons. The molecule has 0 bridgehead atoms. The minimum Gasteiger partial charge on any atom is -0.399 e. The van der Waals surface area contributed by atoms with Gasteiger partial charge in [0.25, 0.3) is 0 Å². The lowest BCUT2D eigenvalue weighted by molar-refractivity contribution is 0.00578. The molecule has 4 rings (SSSR count). The first-order chi connectivity index (χ1) is 12.8. The number of aromatic nitrogens is 2. The fourth-order valence-corrected chi connectivity index (χ4v) is 3.39. The summed E-state index contributed by atoms with van der Waals surface area (Å²) in [4.78, 5) is 2.36. The lowest BCUT2D eigenvalue weighted by Gasteiger charge is -2.32. The van der Waals surface area contributed by atoms with Crippen LogP contribution in [0.3, 0.4) is 0 Å². The first-order valence-corrected chi connectivity index (χ1v) is 9.64. The molecule has 2 saturated heterocycles. The van der Waals surface area contributed by atoms with Gasteiger partial charge in [-0.1, -0.05) is 12.1 Å². The Bertz CT molecular complexity index is 766. The van der Waals surface area contributed by atoms with Gasteiger partial charge >= 0.3 is 7.12 Å². The normalized spacial score (nSPS) is 21.6. The van der Waals surface area contributed by atoms with Crippen LogP contribution >= 0.6 is 0 Å². The zero-order valence-electron chi connectivity index (χ0n) is 16.6. The average Bonchev–Trinajstić information content (AvgIpc) is 3.18. The number of benzene rings is 1. The first-order valence-electron chi connectivity index (χ1n) is 9.64. The van der Waals surface area contributed by atoms with Crippen molar-refractivity contribution < 1.29 is 14.0 Å². The molecule has 1 aromatic heterocycles. The first kappa shape index (κ1) is 18.5. The van der Waals surface area contributed by atoms with Crippen molar-refractivity contribution in [3.8, 4) is 0 Å². The fourth-order valence-electron chi connectivity index (χ4n) is 3.39. The highest BCUT2D eigenvalue weighted by Gasteiger charge is 2.52. The molecule has 2 aliphatic heterocycles. The molecular weight excluding hydrogens is 341 g/mol. The second-order valence-electron chi connectivity index (χ2n) is 8.33. The van der Waals surface area contributed by atoms with Crippen molar-refractivity contribution >= 4 is 18.3 Å².